The second-order valence-electron chi connectivity index (χ2n) is 2.97. The van der Waals surface area contributed by atoms with E-state index in [1.165, 1.54) is 0 Å². The first-order valence-electron chi connectivity index (χ1n) is 4.46. The summed E-state index contributed by atoms with van der Waals surface area (Å²) in [4.78, 5) is 0.483. The summed E-state index contributed by atoms with van der Waals surface area (Å²) in [6, 6.07) is 7.05. The molecule has 2 N–H and O–H groups in total. The molecule has 0 aromatic heterocycles. The molecule has 0 fully saturated rings. The van der Waals surface area contributed by atoms with E-state index in [4.69, 9.17) is 22.6 Å². The minimum absolute atomic E-state index is 0.399. The smallest absolute Gasteiger partial charge is 0.0803 e. The van der Waals surface area contributed by atoms with Gasteiger partial charge in [-0.15, -0.1) is 0 Å². The number of hydrogen-bond donors (Lipinski definition) is 1. The van der Waals surface area contributed by atoms with Gasteiger partial charge in [0.15, 0.2) is 0 Å². The largest absolute Gasteiger partial charge is 0.398 e. The second kappa shape index (κ2) is 5.74. The second-order valence-corrected chi connectivity index (χ2v) is 4.88. The molecule has 0 saturated carbocycles. The van der Waals surface area contributed by atoms with E-state index < -0.39 is 10.8 Å². The first kappa shape index (κ1) is 12.0. The summed E-state index contributed by atoms with van der Waals surface area (Å²) in [7, 11) is -1.22. The molecule has 80 valence electrons. The van der Waals surface area contributed by atoms with Crippen LogP contribution in [0.25, 0.3) is 0 Å². The molecule has 1 atom stereocenters. The van der Waals surface area contributed by atoms with Crippen LogP contribution < -0.4 is 5.73 Å². The van der Waals surface area contributed by atoms with Crippen molar-refractivity contribution in [3.05, 3.63) is 23.2 Å². The van der Waals surface area contributed by atoms with E-state index in [2.05, 4.69) is 0 Å². The molecule has 0 aliphatic rings. The topological polar surface area (TPSA) is 66.9 Å². The maximum absolute atomic E-state index is 11.8. The SMILES string of the molecule is N#CCCCS(=O)c1c(N)cccc1Cl. The van der Waals surface area contributed by atoms with Crippen molar-refractivity contribution in [1.29, 1.82) is 5.26 Å². The summed E-state index contributed by atoms with van der Waals surface area (Å²) >= 11 is 5.90. The van der Waals surface area contributed by atoms with Crippen molar-refractivity contribution in [3.8, 4) is 6.07 Å². The summed E-state index contributed by atoms with van der Waals surface area (Å²) < 4.78 is 11.8. The molecule has 1 aromatic rings. The van der Waals surface area contributed by atoms with Crippen LogP contribution in [0.5, 0.6) is 0 Å². The van der Waals surface area contributed by atoms with Crippen molar-refractivity contribution in [2.45, 2.75) is 17.7 Å². The van der Waals surface area contributed by atoms with Crippen LogP contribution in [0.15, 0.2) is 23.1 Å². The molecule has 0 aliphatic carbocycles. The summed E-state index contributed by atoms with van der Waals surface area (Å²) in [6.45, 7) is 0. The third-order valence-corrected chi connectivity index (χ3v) is 3.84. The number of hydrogen-bond acceptors (Lipinski definition) is 3. The van der Waals surface area contributed by atoms with Crippen molar-refractivity contribution in [2.75, 3.05) is 11.5 Å². The van der Waals surface area contributed by atoms with E-state index in [-0.39, 0.29) is 0 Å². The highest BCUT2D eigenvalue weighted by atomic mass is 35.5. The number of nitriles is 1. The summed E-state index contributed by atoms with van der Waals surface area (Å²) in [5.74, 6) is 0.418. The Morgan fingerprint density at radius 2 is 2.27 bits per heavy atom. The maximum Gasteiger partial charge on any atom is 0.0803 e. The zero-order valence-electron chi connectivity index (χ0n) is 8.07. The molecule has 3 nitrogen and oxygen atoms in total. The Morgan fingerprint density at radius 3 is 2.87 bits per heavy atom. The van der Waals surface area contributed by atoms with Gasteiger partial charge in [0, 0.05) is 17.9 Å². The van der Waals surface area contributed by atoms with Gasteiger partial charge in [0.05, 0.1) is 26.8 Å². The van der Waals surface area contributed by atoms with Gasteiger partial charge in [-0.05, 0) is 18.6 Å². The highest BCUT2D eigenvalue weighted by molar-refractivity contribution is 7.85. The van der Waals surface area contributed by atoms with E-state index in [1.54, 1.807) is 18.2 Å². The molecule has 1 unspecified atom stereocenters. The molecule has 0 bridgehead atoms. The number of nitrogens with two attached hydrogens (primary N) is 1. The van der Waals surface area contributed by atoms with Crippen molar-refractivity contribution < 1.29 is 4.21 Å². The molecular formula is C10H11ClN2OS. The quantitative estimate of drug-likeness (QED) is 0.651. The van der Waals surface area contributed by atoms with Crippen molar-refractivity contribution in [1.82, 2.24) is 0 Å². The first-order valence-corrected chi connectivity index (χ1v) is 6.16. The number of benzene rings is 1. The normalized spacial score (nSPS) is 12.0. The van der Waals surface area contributed by atoms with Gasteiger partial charge in [0.25, 0.3) is 0 Å². The Hall–Kier alpha value is -1.05. The lowest BCUT2D eigenvalue weighted by Crippen LogP contribution is -2.02. The van der Waals surface area contributed by atoms with Crippen LogP contribution in [-0.2, 0) is 10.8 Å². The number of nitrogens with zero attached hydrogens (tertiary/aromatic N) is 1. The average molecular weight is 243 g/mol. The van der Waals surface area contributed by atoms with Crippen molar-refractivity contribution in [2.24, 2.45) is 0 Å². The van der Waals surface area contributed by atoms with Gasteiger partial charge in [-0.25, -0.2) is 0 Å². The summed E-state index contributed by atoms with van der Waals surface area (Å²) in [5.41, 5.74) is 6.13. The molecule has 0 heterocycles. The summed E-state index contributed by atoms with van der Waals surface area (Å²) in [6.07, 6.45) is 0.990. The molecule has 5 heteroatoms. The Bertz CT molecular complexity index is 394. The minimum Gasteiger partial charge on any atom is -0.398 e. The number of nitrogen functional groups attached to an aromatic ring is 1. The number of anilines is 1. The van der Waals surface area contributed by atoms with Gasteiger partial charge < -0.3 is 5.73 Å². The van der Waals surface area contributed by atoms with Crippen LogP contribution in [0, 0.1) is 11.3 Å². The van der Waals surface area contributed by atoms with Crippen LogP contribution in [0.2, 0.25) is 5.02 Å². The standard InChI is InChI=1S/C10H11ClN2OS/c11-8-4-3-5-9(13)10(8)15(14)7-2-1-6-12/h3-5H,1-2,7,13H2. The first-order chi connectivity index (χ1) is 7.16. The van der Waals surface area contributed by atoms with E-state index >= 15 is 0 Å². The number of halogens is 1. The molecule has 0 radical (unpaired) electrons. The fourth-order valence-corrected chi connectivity index (χ4v) is 2.82. The zero-order chi connectivity index (χ0) is 11.3. The molecule has 0 aliphatic heterocycles. The van der Waals surface area contributed by atoms with E-state index in [1.807, 2.05) is 6.07 Å². The van der Waals surface area contributed by atoms with Gasteiger partial charge in [0.1, 0.15) is 0 Å². The van der Waals surface area contributed by atoms with Crippen LogP contribution in [-0.4, -0.2) is 9.96 Å². The van der Waals surface area contributed by atoms with Gasteiger partial charge in [-0.2, -0.15) is 5.26 Å². The highest BCUT2D eigenvalue weighted by Crippen LogP contribution is 2.26. The van der Waals surface area contributed by atoms with Crippen LogP contribution in [0.3, 0.4) is 0 Å². The lowest BCUT2D eigenvalue weighted by molar-refractivity contribution is 0.681. The Kier molecular flexibility index (Phi) is 4.60. The molecule has 15 heavy (non-hydrogen) atoms. The Morgan fingerprint density at radius 1 is 1.53 bits per heavy atom. The average Bonchev–Trinajstić information content (AvgIpc) is 2.18. The third-order valence-electron chi connectivity index (χ3n) is 1.84. The lowest BCUT2D eigenvalue weighted by Gasteiger charge is -2.06. The van der Waals surface area contributed by atoms with E-state index in [0.717, 1.165) is 0 Å². The minimum atomic E-state index is -1.22. The molecule has 0 saturated heterocycles. The number of unbranched alkanes of at least 4 members (excludes halogenated alkanes) is 1. The Labute approximate surface area is 96.3 Å². The monoisotopic (exact) mass is 242 g/mol. The lowest BCUT2D eigenvalue weighted by atomic mass is 10.3. The fraction of sp³-hybridized carbons (Fsp3) is 0.300. The van der Waals surface area contributed by atoms with E-state index in [9.17, 15) is 4.21 Å². The Balaban J connectivity index is 2.78. The summed E-state index contributed by atoms with van der Waals surface area (Å²) in [5, 5.41) is 8.78. The van der Waals surface area contributed by atoms with Gasteiger partial charge >= 0.3 is 0 Å². The van der Waals surface area contributed by atoms with Gasteiger partial charge in [-0.1, -0.05) is 17.7 Å². The van der Waals surface area contributed by atoms with Gasteiger partial charge in [0.2, 0.25) is 0 Å². The molecule has 0 amide bonds. The van der Waals surface area contributed by atoms with Crippen molar-refractivity contribution >= 4 is 28.1 Å². The molecule has 0 spiro atoms. The van der Waals surface area contributed by atoms with Crippen molar-refractivity contribution in [3.63, 3.8) is 0 Å². The highest BCUT2D eigenvalue weighted by Gasteiger charge is 2.11. The third kappa shape index (κ3) is 3.22. The number of rotatable bonds is 4. The van der Waals surface area contributed by atoms with Crippen LogP contribution in [0.4, 0.5) is 5.69 Å². The van der Waals surface area contributed by atoms with Crippen LogP contribution in [0.1, 0.15) is 12.8 Å². The molecule has 1 rings (SSSR count). The zero-order valence-corrected chi connectivity index (χ0v) is 9.64. The van der Waals surface area contributed by atoms with Gasteiger partial charge in [-0.3, -0.25) is 4.21 Å². The maximum atomic E-state index is 11.8. The molecule has 1 aromatic carbocycles. The predicted octanol–water partition coefficient (Wildman–Crippen LogP) is 2.33. The van der Waals surface area contributed by atoms with Crippen LogP contribution >= 0.6 is 11.6 Å². The fourth-order valence-electron chi connectivity index (χ4n) is 1.15. The molecular weight excluding hydrogens is 232 g/mol. The van der Waals surface area contributed by atoms with E-state index in [0.29, 0.717) is 34.2 Å². The predicted molar refractivity (Wildman–Crippen MR) is 62.0 cm³/mol.